The molecule has 6 heteroatoms. The molecule has 2 heterocycles. The third-order valence-corrected chi connectivity index (χ3v) is 5.75. The van der Waals surface area contributed by atoms with E-state index in [0.717, 1.165) is 36.0 Å². The number of carbonyl (C=O) groups is 1. The number of likely N-dealkylation sites (N-methyl/N-ethyl adjacent to an activating group) is 1. The predicted octanol–water partition coefficient (Wildman–Crippen LogP) is 4.21. The topological polar surface area (TPSA) is 32.8 Å². The molecular weight excluding hydrogens is 356 g/mol. The van der Waals surface area contributed by atoms with Crippen molar-refractivity contribution >= 4 is 28.8 Å². The molecule has 0 saturated carbocycles. The van der Waals surface area contributed by atoms with Crippen LogP contribution in [0.1, 0.15) is 29.3 Å². The average molecular weight is 379 g/mol. The Morgan fingerprint density at radius 3 is 2.72 bits per heavy atom. The van der Waals surface area contributed by atoms with Gasteiger partial charge >= 0.3 is 0 Å². The maximum Gasteiger partial charge on any atom is 0.237 e. The molecule has 1 aromatic heterocycles. The van der Waals surface area contributed by atoms with Gasteiger partial charge in [0, 0.05) is 18.0 Å². The molecule has 3 rings (SSSR count). The molecule has 1 aromatic carbocycles. The van der Waals surface area contributed by atoms with E-state index in [1.165, 1.54) is 10.4 Å². The van der Waals surface area contributed by atoms with Crippen molar-refractivity contribution < 1.29 is 9.53 Å². The predicted molar refractivity (Wildman–Crippen MR) is 102 cm³/mol. The maximum absolute atomic E-state index is 12.8. The molecule has 134 valence electrons. The average Bonchev–Trinajstić information content (AvgIpc) is 3.24. The standard InChI is InChI=1S/C19H23ClN2O2S/c1-21(12-16-9-10-18(20)25-16)13-19(23)22-11-3-4-17(22)14-5-7-15(24-2)8-6-14/h5-10,17H,3-4,11-13H2,1-2H3. The molecule has 1 fully saturated rings. The van der Waals surface area contributed by atoms with Crippen LogP contribution in [0.2, 0.25) is 4.34 Å². The molecular formula is C19H23ClN2O2S. The number of ether oxygens (including phenoxy) is 1. The molecule has 0 N–H and O–H groups in total. The number of methoxy groups -OCH3 is 1. The van der Waals surface area contributed by atoms with Gasteiger partial charge in [0.05, 0.1) is 24.0 Å². The van der Waals surface area contributed by atoms with Gasteiger partial charge in [-0.05, 0) is 49.7 Å². The normalized spacial score (nSPS) is 17.3. The quantitative estimate of drug-likeness (QED) is 0.755. The lowest BCUT2D eigenvalue weighted by molar-refractivity contribution is -0.133. The van der Waals surface area contributed by atoms with Gasteiger partial charge < -0.3 is 9.64 Å². The van der Waals surface area contributed by atoms with Crippen molar-refractivity contribution in [1.29, 1.82) is 0 Å². The highest BCUT2D eigenvalue weighted by Gasteiger charge is 2.30. The van der Waals surface area contributed by atoms with Crippen molar-refractivity contribution in [1.82, 2.24) is 9.80 Å². The minimum absolute atomic E-state index is 0.169. The van der Waals surface area contributed by atoms with Crippen molar-refractivity contribution in [2.75, 3.05) is 27.2 Å². The molecule has 0 aliphatic carbocycles. The SMILES string of the molecule is COc1ccc(C2CCCN2C(=O)CN(C)Cc2ccc(Cl)s2)cc1. The zero-order chi connectivity index (χ0) is 17.8. The Balaban J connectivity index is 1.61. The maximum atomic E-state index is 12.8. The number of carbonyl (C=O) groups excluding carboxylic acids is 1. The van der Waals surface area contributed by atoms with Gasteiger partial charge in [-0.25, -0.2) is 0 Å². The number of nitrogens with zero attached hydrogens (tertiary/aromatic N) is 2. The summed E-state index contributed by atoms with van der Waals surface area (Å²) >= 11 is 7.54. The molecule has 1 saturated heterocycles. The molecule has 1 aliphatic heterocycles. The van der Waals surface area contributed by atoms with E-state index in [2.05, 4.69) is 12.1 Å². The van der Waals surface area contributed by atoms with Gasteiger partial charge in [0.15, 0.2) is 0 Å². The van der Waals surface area contributed by atoms with Crippen LogP contribution in [0.5, 0.6) is 5.75 Å². The summed E-state index contributed by atoms with van der Waals surface area (Å²) in [7, 11) is 3.64. The second-order valence-corrected chi connectivity index (χ2v) is 8.20. The summed E-state index contributed by atoms with van der Waals surface area (Å²) in [6.07, 6.45) is 2.06. The molecule has 2 aromatic rings. The smallest absolute Gasteiger partial charge is 0.237 e. The minimum Gasteiger partial charge on any atom is -0.497 e. The van der Waals surface area contributed by atoms with Gasteiger partial charge in [-0.15, -0.1) is 11.3 Å². The fourth-order valence-corrected chi connectivity index (χ4v) is 4.49. The first kappa shape index (κ1) is 18.2. The first-order chi connectivity index (χ1) is 12.1. The zero-order valence-electron chi connectivity index (χ0n) is 14.6. The number of likely N-dealkylation sites (tertiary alicyclic amines) is 1. The van der Waals surface area contributed by atoms with E-state index in [1.807, 2.05) is 41.1 Å². The van der Waals surface area contributed by atoms with Crippen LogP contribution >= 0.6 is 22.9 Å². The molecule has 0 bridgehead atoms. The third-order valence-electron chi connectivity index (χ3n) is 4.53. The molecule has 1 amide bonds. The van der Waals surface area contributed by atoms with Gasteiger partial charge in [0.25, 0.3) is 0 Å². The Bertz CT molecular complexity index is 716. The number of halogens is 1. The van der Waals surface area contributed by atoms with E-state index in [-0.39, 0.29) is 11.9 Å². The molecule has 1 unspecified atom stereocenters. The molecule has 1 atom stereocenters. The van der Waals surface area contributed by atoms with Gasteiger partial charge in [-0.2, -0.15) is 0 Å². The Morgan fingerprint density at radius 1 is 1.32 bits per heavy atom. The number of thiophene rings is 1. The van der Waals surface area contributed by atoms with Crippen LogP contribution in [0.3, 0.4) is 0 Å². The third kappa shape index (κ3) is 4.54. The number of rotatable bonds is 6. The van der Waals surface area contributed by atoms with Crippen molar-refractivity contribution in [2.45, 2.75) is 25.4 Å². The highest BCUT2D eigenvalue weighted by Crippen LogP contribution is 2.33. The second kappa shape index (κ2) is 8.21. The second-order valence-electron chi connectivity index (χ2n) is 6.40. The van der Waals surface area contributed by atoms with Crippen molar-refractivity contribution in [2.24, 2.45) is 0 Å². The van der Waals surface area contributed by atoms with E-state index < -0.39 is 0 Å². The van der Waals surface area contributed by atoms with E-state index in [1.54, 1.807) is 18.4 Å². The van der Waals surface area contributed by atoms with E-state index >= 15 is 0 Å². The van der Waals surface area contributed by atoms with Crippen molar-refractivity contribution in [3.8, 4) is 5.75 Å². The van der Waals surface area contributed by atoms with Crippen LogP contribution in [-0.4, -0.2) is 43.0 Å². The monoisotopic (exact) mass is 378 g/mol. The number of benzene rings is 1. The van der Waals surface area contributed by atoms with Gasteiger partial charge in [-0.1, -0.05) is 23.7 Å². The highest BCUT2D eigenvalue weighted by atomic mass is 35.5. The van der Waals surface area contributed by atoms with E-state index in [0.29, 0.717) is 6.54 Å². The van der Waals surface area contributed by atoms with Gasteiger partial charge in [0.2, 0.25) is 5.91 Å². The summed E-state index contributed by atoms with van der Waals surface area (Å²) in [6.45, 7) is 1.99. The first-order valence-corrected chi connectivity index (χ1v) is 9.62. The Kier molecular flexibility index (Phi) is 5.99. The Morgan fingerprint density at radius 2 is 2.08 bits per heavy atom. The van der Waals surface area contributed by atoms with Crippen LogP contribution in [0.25, 0.3) is 0 Å². The van der Waals surface area contributed by atoms with Crippen LogP contribution in [0, 0.1) is 0 Å². The molecule has 25 heavy (non-hydrogen) atoms. The fourth-order valence-electron chi connectivity index (χ4n) is 3.32. The molecule has 1 aliphatic rings. The lowest BCUT2D eigenvalue weighted by atomic mass is 10.0. The Hall–Kier alpha value is -1.56. The highest BCUT2D eigenvalue weighted by molar-refractivity contribution is 7.16. The van der Waals surface area contributed by atoms with Gasteiger partial charge in [-0.3, -0.25) is 9.69 Å². The lowest BCUT2D eigenvalue weighted by Gasteiger charge is -2.27. The zero-order valence-corrected chi connectivity index (χ0v) is 16.1. The Labute approximate surface area is 158 Å². The summed E-state index contributed by atoms with van der Waals surface area (Å²) < 4.78 is 6.01. The molecule has 0 radical (unpaired) electrons. The summed E-state index contributed by atoms with van der Waals surface area (Å²) in [5, 5.41) is 0. The summed E-state index contributed by atoms with van der Waals surface area (Å²) in [5.74, 6) is 1.03. The van der Waals surface area contributed by atoms with Crippen LogP contribution in [0.15, 0.2) is 36.4 Å². The van der Waals surface area contributed by atoms with Crippen LogP contribution in [-0.2, 0) is 11.3 Å². The number of hydrogen-bond donors (Lipinski definition) is 0. The lowest BCUT2D eigenvalue weighted by Crippen LogP contribution is -2.38. The first-order valence-electron chi connectivity index (χ1n) is 8.43. The van der Waals surface area contributed by atoms with E-state index in [9.17, 15) is 4.79 Å². The fraction of sp³-hybridized carbons (Fsp3) is 0.421. The molecule has 0 spiro atoms. The summed E-state index contributed by atoms with van der Waals surface area (Å²) in [4.78, 5) is 18.0. The van der Waals surface area contributed by atoms with Gasteiger partial charge in [0.1, 0.15) is 5.75 Å². The number of hydrogen-bond acceptors (Lipinski definition) is 4. The summed E-state index contributed by atoms with van der Waals surface area (Å²) in [6, 6.07) is 12.1. The van der Waals surface area contributed by atoms with Crippen molar-refractivity contribution in [3.63, 3.8) is 0 Å². The largest absolute Gasteiger partial charge is 0.497 e. The number of amides is 1. The van der Waals surface area contributed by atoms with Crippen molar-refractivity contribution in [3.05, 3.63) is 51.2 Å². The molecule has 4 nitrogen and oxygen atoms in total. The van der Waals surface area contributed by atoms with Crippen LogP contribution in [0.4, 0.5) is 0 Å². The summed E-state index contributed by atoms with van der Waals surface area (Å²) in [5.41, 5.74) is 1.18. The van der Waals surface area contributed by atoms with E-state index in [4.69, 9.17) is 16.3 Å². The minimum atomic E-state index is 0.169. The van der Waals surface area contributed by atoms with Crippen LogP contribution < -0.4 is 4.74 Å².